The SMILES string of the molecule is CN(C[C@H]1Cc2ccccc2O1)C(=O)c1ccc(N2CC(=O)NC2=O)cc1. The van der Waals surface area contributed by atoms with Crippen LogP contribution in [0.1, 0.15) is 15.9 Å². The summed E-state index contributed by atoms with van der Waals surface area (Å²) < 4.78 is 5.90. The van der Waals surface area contributed by atoms with Crippen molar-refractivity contribution in [2.75, 3.05) is 25.0 Å². The van der Waals surface area contributed by atoms with Crippen LogP contribution >= 0.6 is 0 Å². The number of fused-ring (bicyclic) bond motifs is 1. The highest BCUT2D eigenvalue weighted by atomic mass is 16.5. The van der Waals surface area contributed by atoms with Crippen LogP contribution in [0.25, 0.3) is 0 Å². The summed E-state index contributed by atoms with van der Waals surface area (Å²) in [7, 11) is 1.75. The third-order valence-electron chi connectivity index (χ3n) is 4.76. The second-order valence-corrected chi connectivity index (χ2v) is 6.72. The Morgan fingerprint density at radius 1 is 1.19 bits per heavy atom. The van der Waals surface area contributed by atoms with Crippen molar-refractivity contribution in [2.24, 2.45) is 0 Å². The van der Waals surface area contributed by atoms with Gasteiger partial charge in [0.15, 0.2) is 0 Å². The number of para-hydroxylation sites is 1. The Morgan fingerprint density at radius 2 is 1.93 bits per heavy atom. The summed E-state index contributed by atoms with van der Waals surface area (Å²) in [6.45, 7) is 0.476. The average Bonchev–Trinajstić information content (AvgIpc) is 3.22. The highest BCUT2D eigenvalue weighted by molar-refractivity contribution is 6.12. The van der Waals surface area contributed by atoms with E-state index in [2.05, 4.69) is 5.32 Å². The molecule has 2 aromatic carbocycles. The van der Waals surface area contributed by atoms with E-state index in [0.717, 1.165) is 17.7 Å². The van der Waals surface area contributed by atoms with E-state index in [0.29, 0.717) is 17.8 Å². The summed E-state index contributed by atoms with van der Waals surface area (Å²) in [5, 5.41) is 2.23. The lowest BCUT2D eigenvalue weighted by Gasteiger charge is -2.21. The van der Waals surface area contributed by atoms with Gasteiger partial charge in [0.25, 0.3) is 5.91 Å². The Kier molecular flexibility index (Phi) is 4.27. The van der Waals surface area contributed by atoms with Crippen LogP contribution in [-0.2, 0) is 11.2 Å². The van der Waals surface area contributed by atoms with E-state index in [1.54, 1.807) is 36.2 Å². The second kappa shape index (κ2) is 6.75. The zero-order valence-corrected chi connectivity index (χ0v) is 14.8. The Labute approximate surface area is 156 Å². The van der Waals surface area contributed by atoms with E-state index in [-0.39, 0.29) is 24.5 Å². The van der Waals surface area contributed by atoms with Gasteiger partial charge < -0.3 is 9.64 Å². The number of urea groups is 1. The molecule has 2 aliphatic rings. The van der Waals surface area contributed by atoms with Gasteiger partial charge in [-0.2, -0.15) is 0 Å². The van der Waals surface area contributed by atoms with Gasteiger partial charge in [-0.3, -0.25) is 19.8 Å². The lowest BCUT2D eigenvalue weighted by molar-refractivity contribution is -0.117. The van der Waals surface area contributed by atoms with Gasteiger partial charge in [-0.25, -0.2) is 4.79 Å². The third-order valence-corrected chi connectivity index (χ3v) is 4.76. The van der Waals surface area contributed by atoms with Gasteiger partial charge in [-0.15, -0.1) is 0 Å². The molecule has 0 aliphatic carbocycles. The molecular weight excluding hydrogens is 346 g/mol. The number of carbonyl (C=O) groups is 3. The summed E-state index contributed by atoms with van der Waals surface area (Å²) in [5.41, 5.74) is 2.25. The number of anilines is 1. The van der Waals surface area contributed by atoms with Crippen molar-refractivity contribution in [3.8, 4) is 5.75 Å². The van der Waals surface area contributed by atoms with Crippen LogP contribution in [0, 0.1) is 0 Å². The maximum absolute atomic E-state index is 12.7. The van der Waals surface area contributed by atoms with Crippen molar-refractivity contribution in [2.45, 2.75) is 12.5 Å². The van der Waals surface area contributed by atoms with E-state index >= 15 is 0 Å². The van der Waals surface area contributed by atoms with Gasteiger partial charge >= 0.3 is 6.03 Å². The summed E-state index contributed by atoms with van der Waals surface area (Å²) in [6.07, 6.45) is 0.722. The van der Waals surface area contributed by atoms with Crippen molar-refractivity contribution >= 4 is 23.5 Å². The predicted octanol–water partition coefficient (Wildman–Crippen LogP) is 1.82. The Balaban J connectivity index is 1.39. The Hall–Kier alpha value is -3.35. The molecule has 1 fully saturated rings. The van der Waals surface area contributed by atoms with Crippen molar-refractivity contribution in [3.63, 3.8) is 0 Å². The molecule has 138 valence electrons. The largest absolute Gasteiger partial charge is 0.488 e. The minimum atomic E-state index is -0.450. The average molecular weight is 365 g/mol. The molecular formula is C20H19N3O4. The molecule has 0 aromatic heterocycles. The maximum atomic E-state index is 12.7. The fraction of sp³-hybridized carbons (Fsp3) is 0.250. The van der Waals surface area contributed by atoms with Gasteiger partial charge in [0.2, 0.25) is 5.91 Å². The molecule has 2 heterocycles. The molecule has 0 bridgehead atoms. The number of imide groups is 1. The highest BCUT2D eigenvalue weighted by Gasteiger charge is 2.28. The lowest BCUT2D eigenvalue weighted by Crippen LogP contribution is -2.36. The minimum absolute atomic E-state index is 0.00833. The number of rotatable bonds is 4. The first-order chi connectivity index (χ1) is 13.0. The zero-order chi connectivity index (χ0) is 19.0. The lowest BCUT2D eigenvalue weighted by atomic mass is 10.1. The first-order valence-corrected chi connectivity index (χ1v) is 8.73. The van der Waals surface area contributed by atoms with E-state index in [4.69, 9.17) is 4.74 Å². The predicted molar refractivity (Wildman–Crippen MR) is 98.8 cm³/mol. The molecule has 4 amide bonds. The fourth-order valence-electron chi connectivity index (χ4n) is 3.40. The smallest absolute Gasteiger partial charge is 0.329 e. The summed E-state index contributed by atoms with van der Waals surface area (Å²) in [5.74, 6) is 0.423. The molecule has 7 nitrogen and oxygen atoms in total. The van der Waals surface area contributed by atoms with Gasteiger partial charge in [0, 0.05) is 24.7 Å². The molecule has 4 rings (SSSR count). The number of amides is 4. The molecule has 7 heteroatoms. The molecule has 2 aliphatic heterocycles. The Bertz CT molecular complexity index is 885. The van der Waals surface area contributed by atoms with Gasteiger partial charge in [-0.1, -0.05) is 18.2 Å². The number of nitrogens with one attached hydrogen (secondary N) is 1. The first-order valence-electron chi connectivity index (χ1n) is 8.73. The maximum Gasteiger partial charge on any atom is 0.329 e. The monoisotopic (exact) mass is 365 g/mol. The van der Waals surface area contributed by atoms with Crippen molar-refractivity contribution in [1.29, 1.82) is 0 Å². The van der Waals surface area contributed by atoms with Crippen LogP contribution in [-0.4, -0.2) is 49.0 Å². The molecule has 0 radical (unpaired) electrons. The number of carbonyl (C=O) groups excluding carboxylic acids is 3. The van der Waals surface area contributed by atoms with Crippen molar-refractivity contribution in [3.05, 3.63) is 59.7 Å². The standard InChI is InChI=1S/C20H19N3O4/c1-22(11-16-10-14-4-2-3-5-17(14)27-16)19(25)13-6-8-15(9-7-13)23-12-18(24)21-20(23)26/h2-9,16H,10-12H2,1H3,(H,21,24,26)/t16-/m1/s1. The zero-order valence-electron chi connectivity index (χ0n) is 14.8. The van der Waals surface area contributed by atoms with Crippen LogP contribution in [0.15, 0.2) is 48.5 Å². The molecule has 2 aromatic rings. The molecule has 1 saturated heterocycles. The van der Waals surface area contributed by atoms with Crippen LogP contribution in [0.4, 0.5) is 10.5 Å². The number of benzene rings is 2. The van der Waals surface area contributed by atoms with Crippen LogP contribution in [0.5, 0.6) is 5.75 Å². The summed E-state index contributed by atoms with van der Waals surface area (Å²) >= 11 is 0. The van der Waals surface area contributed by atoms with Gasteiger partial charge in [0.1, 0.15) is 18.4 Å². The second-order valence-electron chi connectivity index (χ2n) is 6.72. The highest BCUT2D eigenvalue weighted by Crippen LogP contribution is 2.28. The third kappa shape index (κ3) is 3.36. The van der Waals surface area contributed by atoms with Crippen LogP contribution < -0.4 is 15.0 Å². The molecule has 1 atom stereocenters. The number of nitrogens with zero attached hydrogens (tertiary/aromatic N) is 2. The van der Waals surface area contributed by atoms with Gasteiger partial charge in [0.05, 0.1) is 6.54 Å². The molecule has 0 spiro atoms. The van der Waals surface area contributed by atoms with Crippen LogP contribution in [0.3, 0.4) is 0 Å². The quantitative estimate of drug-likeness (QED) is 0.839. The first kappa shape index (κ1) is 17.1. The number of hydrogen-bond acceptors (Lipinski definition) is 4. The summed E-state index contributed by atoms with van der Waals surface area (Å²) in [6, 6.07) is 14.1. The van der Waals surface area contributed by atoms with E-state index in [9.17, 15) is 14.4 Å². The molecule has 0 unspecified atom stereocenters. The van der Waals surface area contributed by atoms with Crippen LogP contribution in [0.2, 0.25) is 0 Å². The number of ether oxygens (including phenoxy) is 1. The van der Waals surface area contributed by atoms with E-state index < -0.39 is 6.03 Å². The number of hydrogen-bond donors (Lipinski definition) is 1. The minimum Gasteiger partial charge on any atom is -0.488 e. The fourth-order valence-corrected chi connectivity index (χ4v) is 3.40. The Morgan fingerprint density at radius 3 is 2.59 bits per heavy atom. The molecule has 1 N–H and O–H groups in total. The van der Waals surface area contributed by atoms with E-state index in [1.165, 1.54) is 4.90 Å². The normalized spacial score (nSPS) is 18.1. The number of likely N-dealkylation sites (N-methyl/N-ethyl adjacent to an activating group) is 1. The van der Waals surface area contributed by atoms with Crippen molar-refractivity contribution < 1.29 is 19.1 Å². The van der Waals surface area contributed by atoms with Crippen molar-refractivity contribution in [1.82, 2.24) is 10.2 Å². The summed E-state index contributed by atoms with van der Waals surface area (Å²) in [4.78, 5) is 38.7. The van der Waals surface area contributed by atoms with E-state index in [1.807, 2.05) is 24.3 Å². The molecule has 0 saturated carbocycles. The van der Waals surface area contributed by atoms with Gasteiger partial charge in [-0.05, 0) is 35.9 Å². The molecule has 27 heavy (non-hydrogen) atoms. The topological polar surface area (TPSA) is 79.0 Å².